The summed E-state index contributed by atoms with van der Waals surface area (Å²) < 4.78 is 0. The van der Waals surface area contributed by atoms with Crippen LogP contribution in [0.1, 0.15) is 102 Å². The third-order valence-electron chi connectivity index (χ3n) is 6.65. The maximum absolute atomic E-state index is 12.3. The summed E-state index contributed by atoms with van der Waals surface area (Å²) in [6.07, 6.45) is 21.6. The minimum absolute atomic E-state index is 0.0226. The molecule has 0 unspecified atom stereocenters. The highest BCUT2D eigenvalue weighted by molar-refractivity contribution is 7.19. The van der Waals surface area contributed by atoms with Crippen LogP contribution in [0.5, 0.6) is 0 Å². The van der Waals surface area contributed by atoms with Crippen molar-refractivity contribution in [3.05, 3.63) is 60.2 Å². The molecule has 6 heteroatoms. The van der Waals surface area contributed by atoms with E-state index in [2.05, 4.69) is 82.4 Å². The molecule has 0 fully saturated rings. The first-order valence-corrected chi connectivity index (χ1v) is 15.1. The summed E-state index contributed by atoms with van der Waals surface area (Å²) >= 11 is 1.38. The third-order valence-corrected chi connectivity index (χ3v) is 7.44. The zero-order valence-electron chi connectivity index (χ0n) is 22.5. The Labute approximate surface area is 227 Å². The van der Waals surface area contributed by atoms with E-state index in [1.807, 2.05) is 0 Å². The van der Waals surface area contributed by atoms with E-state index in [1.165, 1.54) is 98.3 Å². The van der Waals surface area contributed by atoms with E-state index >= 15 is 0 Å². The van der Waals surface area contributed by atoms with Crippen molar-refractivity contribution in [2.75, 3.05) is 10.6 Å². The number of fused-ring (bicyclic) bond motifs is 1. The molecule has 3 rings (SSSR count). The molecule has 1 aromatic heterocycles. The van der Waals surface area contributed by atoms with Crippen LogP contribution in [0, 0.1) is 0 Å². The van der Waals surface area contributed by atoms with Gasteiger partial charge in [-0.3, -0.25) is 4.79 Å². The predicted molar refractivity (Wildman–Crippen MR) is 159 cm³/mol. The Morgan fingerprint density at radius 1 is 0.784 bits per heavy atom. The summed E-state index contributed by atoms with van der Waals surface area (Å²) in [5, 5.41) is 18.3. The second-order valence-electron chi connectivity index (χ2n) is 9.79. The van der Waals surface area contributed by atoms with Gasteiger partial charge in [0.2, 0.25) is 16.2 Å². The van der Waals surface area contributed by atoms with E-state index in [9.17, 15) is 4.79 Å². The average molecular weight is 521 g/mol. The van der Waals surface area contributed by atoms with E-state index in [1.54, 1.807) is 0 Å². The Kier molecular flexibility index (Phi) is 13.8. The summed E-state index contributed by atoms with van der Waals surface area (Å²) in [7, 11) is 0. The fourth-order valence-corrected chi connectivity index (χ4v) is 5.16. The molecular weight excluding hydrogens is 476 g/mol. The summed E-state index contributed by atoms with van der Waals surface area (Å²) in [4.78, 5) is 12.3. The van der Waals surface area contributed by atoms with Gasteiger partial charge in [-0.15, -0.1) is 10.2 Å². The van der Waals surface area contributed by atoms with Crippen LogP contribution in [0.4, 0.5) is 10.3 Å². The Balaban J connectivity index is 1.20. The average Bonchev–Trinajstić information content (AvgIpc) is 3.36. The Morgan fingerprint density at radius 2 is 1.43 bits per heavy atom. The summed E-state index contributed by atoms with van der Waals surface area (Å²) in [5.74, 6) is 0.0226. The standard InChI is InChI=1S/C31H44N4OS/c1-2-3-4-5-6-7-8-9-10-11-12-13-14-15-16-24-29(36)33-31-35-34-30(37-31)32-25-27-22-19-21-26-20-17-18-23-28(26)27/h9-10,17-23H,2-8,11-16,24-25H2,1H3,(H,32,34)(H,33,35,36)/b10-9+. The zero-order valence-corrected chi connectivity index (χ0v) is 23.3. The van der Waals surface area contributed by atoms with Crippen LogP contribution in [0.2, 0.25) is 0 Å². The molecule has 0 aliphatic rings. The lowest BCUT2D eigenvalue weighted by molar-refractivity contribution is -0.116. The molecule has 0 atom stereocenters. The summed E-state index contributed by atoms with van der Waals surface area (Å²) in [5.41, 5.74) is 1.21. The molecule has 2 N–H and O–H groups in total. The number of aromatic nitrogens is 2. The Bertz CT molecular complexity index is 1070. The second kappa shape index (κ2) is 17.7. The second-order valence-corrected chi connectivity index (χ2v) is 10.8. The first-order valence-electron chi connectivity index (χ1n) is 14.2. The summed E-state index contributed by atoms with van der Waals surface area (Å²) in [6.45, 7) is 2.93. The Morgan fingerprint density at radius 3 is 2.22 bits per heavy atom. The van der Waals surface area contributed by atoms with Gasteiger partial charge in [0.1, 0.15) is 0 Å². The quantitative estimate of drug-likeness (QED) is 0.122. The van der Waals surface area contributed by atoms with Crippen molar-refractivity contribution in [1.82, 2.24) is 10.2 Å². The van der Waals surface area contributed by atoms with Gasteiger partial charge < -0.3 is 10.6 Å². The van der Waals surface area contributed by atoms with Crippen LogP contribution >= 0.6 is 11.3 Å². The van der Waals surface area contributed by atoms with E-state index in [0.717, 1.165) is 12.8 Å². The number of nitrogens with one attached hydrogen (secondary N) is 2. The summed E-state index contributed by atoms with van der Waals surface area (Å²) in [6, 6.07) is 14.7. The van der Waals surface area contributed by atoms with Crippen molar-refractivity contribution in [2.45, 2.75) is 103 Å². The van der Waals surface area contributed by atoms with Gasteiger partial charge in [0.15, 0.2) is 0 Å². The smallest absolute Gasteiger partial charge is 0.226 e. The van der Waals surface area contributed by atoms with Gasteiger partial charge in [-0.05, 0) is 48.4 Å². The number of carbonyl (C=O) groups excluding carboxylic acids is 1. The van der Waals surface area contributed by atoms with Crippen molar-refractivity contribution in [2.24, 2.45) is 0 Å². The molecule has 1 heterocycles. The van der Waals surface area contributed by atoms with Crippen LogP contribution in [0.15, 0.2) is 54.6 Å². The molecular formula is C31H44N4OS. The lowest BCUT2D eigenvalue weighted by atomic mass is 10.0. The number of nitrogens with zero attached hydrogens (tertiary/aromatic N) is 2. The van der Waals surface area contributed by atoms with Crippen LogP contribution in [0.3, 0.4) is 0 Å². The van der Waals surface area contributed by atoms with Gasteiger partial charge in [-0.1, -0.05) is 124 Å². The third kappa shape index (κ3) is 11.5. The minimum Gasteiger partial charge on any atom is -0.356 e. The fourth-order valence-electron chi connectivity index (χ4n) is 4.50. The van der Waals surface area contributed by atoms with Crippen molar-refractivity contribution < 1.29 is 4.79 Å². The van der Waals surface area contributed by atoms with Gasteiger partial charge in [0.25, 0.3) is 0 Å². The number of unbranched alkanes of at least 4 members (excludes halogenated alkanes) is 11. The number of allylic oxidation sites excluding steroid dienone is 2. The van der Waals surface area contributed by atoms with Crippen molar-refractivity contribution in [3.63, 3.8) is 0 Å². The predicted octanol–water partition coefficient (Wildman–Crippen LogP) is 9.28. The van der Waals surface area contributed by atoms with Crippen LogP contribution in [0.25, 0.3) is 10.8 Å². The SMILES string of the molecule is CCCCCCCC/C=C/CCCCCCCC(=O)Nc1nnc(NCc2cccc3ccccc23)s1. The highest BCUT2D eigenvalue weighted by Gasteiger charge is 2.09. The number of rotatable bonds is 19. The fraction of sp³-hybridized carbons (Fsp3) is 0.516. The number of hydrogen-bond donors (Lipinski definition) is 2. The van der Waals surface area contributed by atoms with Crippen LogP contribution in [-0.2, 0) is 11.3 Å². The van der Waals surface area contributed by atoms with E-state index < -0.39 is 0 Å². The van der Waals surface area contributed by atoms with Crippen molar-refractivity contribution >= 4 is 38.3 Å². The van der Waals surface area contributed by atoms with E-state index in [-0.39, 0.29) is 5.91 Å². The van der Waals surface area contributed by atoms with Crippen LogP contribution in [-0.4, -0.2) is 16.1 Å². The van der Waals surface area contributed by atoms with Gasteiger partial charge in [0, 0.05) is 13.0 Å². The minimum atomic E-state index is 0.0226. The molecule has 3 aromatic rings. The number of amides is 1. The molecule has 0 aliphatic carbocycles. The number of hydrogen-bond acceptors (Lipinski definition) is 5. The van der Waals surface area contributed by atoms with Crippen molar-refractivity contribution in [1.29, 1.82) is 0 Å². The first kappa shape index (κ1) is 28.8. The normalized spacial score (nSPS) is 11.4. The van der Waals surface area contributed by atoms with E-state index in [0.29, 0.717) is 23.2 Å². The maximum atomic E-state index is 12.3. The molecule has 0 saturated carbocycles. The van der Waals surface area contributed by atoms with Crippen molar-refractivity contribution in [3.8, 4) is 0 Å². The molecule has 0 radical (unpaired) electrons. The lowest BCUT2D eigenvalue weighted by Gasteiger charge is -2.06. The van der Waals surface area contributed by atoms with Gasteiger partial charge in [0.05, 0.1) is 0 Å². The van der Waals surface area contributed by atoms with Gasteiger partial charge in [-0.2, -0.15) is 0 Å². The lowest BCUT2D eigenvalue weighted by Crippen LogP contribution is -2.10. The maximum Gasteiger partial charge on any atom is 0.226 e. The molecule has 1 amide bonds. The molecule has 2 aromatic carbocycles. The molecule has 0 aliphatic heterocycles. The molecule has 200 valence electrons. The first-order chi connectivity index (χ1) is 18.3. The molecule has 0 saturated heterocycles. The highest BCUT2D eigenvalue weighted by Crippen LogP contribution is 2.23. The van der Waals surface area contributed by atoms with Crippen LogP contribution < -0.4 is 10.6 Å². The monoisotopic (exact) mass is 520 g/mol. The number of anilines is 2. The number of carbonyl (C=O) groups is 1. The molecule has 5 nitrogen and oxygen atoms in total. The largest absolute Gasteiger partial charge is 0.356 e. The zero-order chi connectivity index (χ0) is 26.0. The van der Waals surface area contributed by atoms with E-state index in [4.69, 9.17) is 0 Å². The Hall–Kier alpha value is -2.73. The molecule has 37 heavy (non-hydrogen) atoms. The molecule has 0 spiro atoms. The topological polar surface area (TPSA) is 66.9 Å². The highest BCUT2D eigenvalue weighted by atomic mass is 32.1. The molecule has 0 bridgehead atoms. The van der Waals surface area contributed by atoms with Gasteiger partial charge >= 0.3 is 0 Å². The van der Waals surface area contributed by atoms with Gasteiger partial charge in [-0.25, -0.2) is 0 Å². The number of benzene rings is 2.